The molecule has 7 nitrogen and oxygen atoms in total. The summed E-state index contributed by atoms with van der Waals surface area (Å²) in [5.41, 5.74) is 4.23. The van der Waals surface area contributed by atoms with Gasteiger partial charge in [-0.15, -0.1) is 0 Å². The molecule has 3 aromatic rings. The summed E-state index contributed by atoms with van der Waals surface area (Å²) in [6, 6.07) is 16.9. The molecule has 32 heavy (non-hydrogen) atoms. The van der Waals surface area contributed by atoms with E-state index in [0.29, 0.717) is 17.9 Å². The third-order valence-electron chi connectivity index (χ3n) is 4.90. The molecular weight excluding hydrogens is 406 g/mol. The number of nitrogens with one attached hydrogen (secondary N) is 1. The summed E-state index contributed by atoms with van der Waals surface area (Å²) < 4.78 is 7.00. The number of phenolic OH excluding ortho intramolecular Hbond substituents is 1. The maximum atomic E-state index is 12.5. The molecule has 0 unspecified atom stereocenters. The summed E-state index contributed by atoms with van der Waals surface area (Å²) in [5.74, 6) is -0.828. The van der Waals surface area contributed by atoms with E-state index >= 15 is 0 Å². The fraction of sp³-hybridized carbons (Fsp3) is 0.160. The second kappa shape index (κ2) is 9.67. The molecule has 7 heteroatoms. The predicted molar refractivity (Wildman–Crippen MR) is 122 cm³/mol. The van der Waals surface area contributed by atoms with Crippen molar-refractivity contribution in [2.45, 2.75) is 20.8 Å². The predicted octanol–water partition coefficient (Wildman–Crippen LogP) is 4.52. The van der Waals surface area contributed by atoms with Crippen LogP contribution >= 0.6 is 0 Å². The van der Waals surface area contributed by atoms with Gasteiger partial charge in [-0.1, -0.05) is 0 Å². The van der Waals surface area contributed by atoms with Crippen molar-refractivity contribution in [3.8, 4) is 17.5 Å². The number of anilines is 1. The summed E-state index contributed by atoms with van der Waals surface area (Å²) in [7, 11) is 0. The zero-order chi connectivity index (χ0) is 23.3. The normalized spacial score (nSPS) is 11.0. The molecule has 0 radical (unpaired) electrons. The van der Waals surface area contributed by atoms with Gasteiger partial charge in [0, 0.05) is 22.8 Å². The first-order valence-corrected chi connectivity index (χ1v) is 10.0. The van der Waals surface area contributed by atoms with Crippen LogP contribution < -0.4 is 5.32 Å². The second-order valence-electron chi connectivity index (χ2n) is 7.10. The van der Waals surface area contributed by atoms with Crippen LogP contribution in [0.1, 0.15) is 34.2 Å². The number of rotatable bonds is 6. The van der Waals surface area contributed by atoms with Crippen LogP contribution in [0.15, 0.2) is 60.2 Å². The number of hydrogen-bond acceptors (Lipinski definition) is 5. The molecule has 0 saturated carbocycles. The Kier molecular flexibility index (Phi) is 6.76. The summed E-state index contributed by atoms with van der Waals surface area (Å²) in [4.78, 5) is 24.4. The SMILES string of the molecule is CCOC(=O)c1ccc(-n2c(C)cc(/C=C(/C#N)C(=O)Nc3ccc(O)cc3)c2C)cc1. The van der Waals surface area contributed by atoms with Gasteiger partial charge in [-0.25, -0.2) is 4.79 Å². The number of nitriles is 1. The Hall–Kier alpha value is -4.31. The summed E-state index contributed by atoms with van der Waals surface area (Å²) >= 11 is 0. The first kappa shape index (κ1) is 22.4. The average molecular weight is 429 g/mol. The first-order chi connectivity index (χ1) is 15.3. The highest BCUT2D eigenvalue weighted by Gasteiger charge is 2.15. The molecule has 0 aliphatic heterocycles. The number of aryl methyl sites for hydroxylation is 1. The van der Waals surface area contributed by atoms with Crippen LogP contribution in [0.25, 0.3) is 11.8 Å². The van der Waals surface area contributed by atoms with Gasteiger partial charge in [0.25, 0.3) is 5.91 Å². The summed E-state index contributed by atoms with van der Waals surface area (Å²) in [5, 5.41) is 21.5. The molecule has 0 aliphatic carbocycles. The third-order valence-corrected chi connectivity index (χ3v) is 4.90. The van der Waals surface area contributed by atoms with Gasteiger partial charge in [-0.3, -0.25) is 4.79 Å². The number of carbonyl (C=O) groups excluding carboxylic acids is 2. The molecule has 1 amide bonds. The van der Waals surface area contributed by atoms with E-state index in [9.17, 15) is 20.0 Å². The molecule has 2 N–H and O–H groups in total. The lowest BCUT2D eigenvalue weighted by molar-refractivity contribution is -0.112. The maximum absolute atomic E-state index is 12.5. The average Bonchev–Trinajstić information content (AvgIpc) is 3.06. The van der Waals surface area contributed by atoms with Gasteiger partial charge < -0.3 is 19.7 Å². The van der Waals surface area contributed by atoms with Gasteiger partial charge in [0.2, 0.25) is 0 Å². The monoisotopic (exact) mass is 429 g/mol. The zero-order valence-corrected chi connectivity index (χ0v) is 18.0. The fourth-order valence-electron chi connectivity index (χ4n) is 3.34. The molecular formula is C25H23N3O4. The quantitative estimate of drug-likeness (QED) is 0.259. The number of amides is 1. The van der Waals surface area contributed by atoms with Crippen molar-refractivity contribution in [1.82, 2.24) is 4.57 Å². The highest BCUT2D eigenvalue weighted by Crippen LogP contribution is 2.24. The topological polar surface area (TPSA) is 104 Å². The van der Waals surface area contributed by atoms with E-state index in [1.54, 1.807) is 37.3 Å². The highest BCUT2D eigenvalue weighted by molar-refractivity contribution is 6.09. The van der Waals surface area contributed by atoms with Gasteiger partial charge in [0.05, 0.1) is 12.2 Å². The Labute approximate surface area is 186 Å². The lowest BCUT2D eigenvalue weighted by Gasteiger charge is -2.10. The minimum Gasteiger partial charge on any atom is -0.508 e. The van der Waals surface area contributed by atoms with Crippen LogP contribution in [-0.2, 0) is 9.53 Å². The number of hydrogen-bond donors (Lipinski definition) is 2. The number of phenols is 1. The van der Waals surface area contributed by atoms with Crippen LogP contribution in [0, 0.1) is 25.2 Å². The van der Waals surface area contributed by atoms with Crippen LogP contribution in [-0.4, -0.2) is 28.2 Å². The maximum Gasteiger partial charge on any atom is 0.338 e. The minimum absolute atomic E-state index is 0.0454. The van der Waals surface area contributed by atoms with E-state index in [4.69, 9.17) is 4.74 Å². The highest BCUT2D eigenvalue weighted by atomic mass is 16.5. The van der Waals surface area contributed by atoms with E-state index in [-0.39, 0.29) is 17.3 Å². The molecule has 0 fully saturated rings. The van der Waals surface area contributed by atoms with Crippen molar-refractivity contribution in [1.29, 1.82) is 5.26 Å². The number of aromatic hydroxyl groups is 1. The number of nitrogens with zero attached hydrogens (tertiary/aromatic N) is 2. The molecule has 3 rings (SSSR count). The van der Waals surface area contributed by atoms with Crippen LogP contribution in [0.5, 0.6) is 5.75 Å². The van der Waals surface area contributed by atoms with Gasteiger partial charge in [-0.2, -0.15) is 5.26 Å². The Bertz CT molecular complexity index is 1210. The Balaban J connectivity index is 1.87. The summed E-state index contributed by atoms with van der Waals surface area (Å²) in [6.07, 6.45) is 1.54. The molecule has 1 aromatic heterocycles. The van der Waals surface area contributed by atoms with Crippen molar-refractivity contribution in [2.75, 3.05) is 11.9 Å². The lowest BCUT2D eigenvalue weighted by atomic mass is 10.1. The van der Waals surface area contributed by atoms with Gasteiger partial charge >= 0.3 is 5.97 Å². The van der Waals surface area contributed by atoms with E-state index in [1.165, 1.54) is 12.1 Å². The fourth-order valence-corrected chi connectivity index (χ4v) is 3.34. The van der Waals surface area contributed by atoms with Crippen LogP contribution in [0.3, 0.4) is 0 Å². The van der Waals surface area contributed by atoms with Crippen LogP contribution in [0.4, 0.5) is 5.69 Å². The zero-order valence-electron chi connectivity index (χ0n) is 18.0. The smallest absolute Gasteiger partial charge is 0.338 e. The summed E-state index contributed by atoms with van der Waals surface area (Å²) in [6.45, 7) is 5.89. The van der Waals surface area contributed by atoms with Gasteiger partial charge in [0.15, 0.2) is 0 Å². The number of esters is 1. The minimum atomic E-state index is -0.540. The van der Waals surface area contributed by atoms with E-state index in [0.717, 1.165) is 22.6 Å². The van der Waals surface area contributed by atoms with E-state index < -0.39 is 5.91 Å². The van der Waals surface area contributed by atoms with Crippen molar-refractivity contribution >= 4 is 23.6 Å². The molecule has 0 spiro atoms. The van der Waals surface area contributed by atoms with Crippen molar-refractivity contribution < 1.29 is 19.4 Å². The molecule has 1 heterocycles. The third kappa shape index (κ3) is 4.87. The van der Waals surface area contributed by atoms with Gasteiger partial charge in [-0.05, 0) is 87.0 Å². The largest absolute Gasteiger partial charge is 0.508 e. The standard InChI is InChI=1S/C25H23N3O4/c1-4-32-25(31)18-5-9-22(10-6-18)28-16(2)13-19(17(28)3)14-20(15-26)24(30)27-21-7-11-23(29)12-8-21/h5-14,29H,4H2,1-3H3,(H,27,30)/b20-14-. The van der Waals surface area contributed by atoms with Crippen LogP contribution in [0.2, 0.25) is 0 Å². The molecule has 0 atom stereocenters. The second-order valence-corrected chi connectivity index (χ2v) is 7.10. The van der Waals surface area contributed by atoms with Crippen molar-refractivity contribution in [3.05, 3.63) is 82.7 Å². The number of benzene rings is 2. The van der Waals surface area contributed by atoms with Gasteiger partial charge in [0.1, 0.15) is 17.4 Å². The Morgan fingerprint density at radius 1 is 1.12 bits per heavy atom. The Morgan fingerprint density at radius 2 is 1.78 bits per heavy atom. The number of aromatic nitrogens is 1. The first-order valence-electron chi connectivity index (χ1n) is 10.0. The number of ether oxygens (including phenoxy) is 1. The molecule has 0 saturated heterocycles. The van der Waals surface area contributed by atoms with E-state index in [2.05, 4.69) is 5.32 Å². The Morgan fingerprint density at radius 3 is 2.38 bits per heavy atom. The lowest BCUT2D eigenvalue weighted by Crippen LogP contribution is -2.13. The van der Waals surface area contributed by atoms with Crippen molar-refractivity contribution in [2.24, 2.45) is 0 Å². The van der Waals surface area contributed by atoms with E-state index in [1.807, 2.05) is 42.7 Å². The molecule has 162 valence electrons. The molecule has 0 aliphatic rings. The van der Waals surface area contributed by atoms with Crippen molar-refractivity contribution in [3.63, 3.8) is 0 Å². The molecule has 2 aromatic carbocycles. The number of carbonyl (C=O) groups is 2. The molecule has 0 bridgehead atoms.